The van der Waals surface area contributed by atoms with Crippen LogP contribution < -0.4 is 5.32 Å². The second kappa shape index (κ2) is 8.16. The molecule has 2 aromatic rings. The molecule has 9 heteroatoms. The van der Waals surface area contributed by atoms with E-state index in [1.54, 1.807) is 48.2 Å². The highest BCUT2D eigenvalue weighted by Crippen LogP contribution is 2.60. The Morgan fingerprint density at radius 1 is 1.22 bits per heavy atom. The van der Waals surface area contributed by atoms with Gasteiger partial charge in [0.15, 0.2) is 0 Å². The third-order valence-electron chi connectivity index (χ3n) is 7.90. The van der Waals surface area contributed by atoms with Crippen LogP contribution in [0, 0.1) is 17.8 Å². The Morgan fingerprint density at radius 2 is 2.06 bits per heavy atom. The molecule has 1 aromatic carbocycles. The fraction of sp³-hybridized carbons (Fsp3) is 0.407. The quantitative estimate of drug-likeness (QED) is 0.506. The van der Waals surface area contributed by atoms with Crippen molar-refractivity contribution in [2.75, 3.05) is 11.9 Å². The van der Waals surface area contributed by atoms with Gasteiger partial charge in [-0.1, -0.05) is 25.1 Å². The molecule has 2 bridgehead atoms. The lowest BCUT2D eigenvalue weighted by molar-refractivity contribution is -0.147. The van der Waals surface area contributed by atoms with Crippen molar-refractivity contribution in [3.05, 3.63) is 66.1 Å². The lowest BCUT2D eigenvalue weighted by Crippen LogP contribution is -2.55. The standard InChI is InChI=1S/C27H26N2O7/c1-3-34-26(33)15-6-4-7-16(12-15)28-24(31)21-20-9-10-27(36-20)22(21)25(32)29-17(19-8-5-11-35-19)13-18(30)14(2)23(27)29/h4-12,14,17,20-23H,3,13H2,1-2H3,(H,28,31)/t14-,17+,20-,21-,22+,23+,27-/m0/s1. The van der Waals surface area contributed by atoms with Crippen molar-refractivity contribution in [2.45, 2.75) is 44.1 Å². The number of hydrogen-bond acceptors (Lipinski definition) is 7. The summed E-state index contributed by atoms with van der Waals surface area (Å²) in [5.74, 6) is -2.49. The summed E-state index contributed by atoms with van der Waals surface area (Å²) in [5, 5.41) is 2.86. The molecule has 9 nitrogen and oxygen atoms in total. The Labute approximate surface area is 207 Å². The number of carbonyl (C=O) groups excluding carboxylic acids is 4. The second-order valence-electron chi connectivity index (χ2n) is 9.77. The first-order valence-corrected chi connectivity index (χ1v) is 12.2. The summed E-state index contributed by atoms with van der Waals surface area (Å²) < 4.78 is 17.0. The molecule has 1 N–H and O–H groups in total. The average molecular weight is 491 g/mol. The number of ether oxygens (including phenoxy) is 2. The zero-order chi connectivity index (χ0) is 25.2. The largest absolute Gasteiger partial charge is 0.467 e. The van der Waals surface area contributed by atoms with Crippen LogP contribution in [0.15, 0.2) is 59.2 Å². The number of piperidine rings is 1. The number of rotatable bonds is 5. The van der Waals surface area contributed by atoms with Crippen molar-refractivity contribution >= 4 is 29.3 Å². The fourth-order valence-corrected chi connectivity index (χ4v) is 6.43. The number of nitrogens with zero attached hydrogens (tertiary/aromatic N) is 1. The number of benzene rings is 1. The maximum atomic E-state index is 14.0. The Kier molecular flexibility index (Phi) is 5.15. The van der Waals surface area contributed by atoms with Crippen LogP contribution in [-0.4, -0.2) is 52.8 Å². The number of esters is 1. The summed E-state index contributed by atoms with van der Waals surface area (Å²) in [7, 11) is 0. The number of nitrogens with one attached hydrogen (secondary N) is 1. The molecule has 7 atom stereocenters. The topological polar surface area (TPSA) is 115 Å². The molecule has 0 unspecified atom stereocenters. The number of amides is 2. The minimum Gasteiger partial charge on any atom is -0.467 e. The number of fused-ring (bicyclic) bond motifs is 2. The summed E-state index contributed by atoms with van der Waals surface area (Å²) in [4.78, 5) is 54.4. The fourth-order valence-electron chi connectivity index (χ4n) is 6.43. The second-order valence-corrected chi connectivity index (χ2v) is 9.77. The Hall–Kier alpha value is -3.72. The maximum absolute atomic E-state index is 14.0. The van der Waals surface area contributed by atoms with E-state index >= 15 is 0 Å². The lowest BCUT2D eigenvalue weighted by atomic mass is 9.70. The van der Waals surface area contributed by atoms with E-state index in [0.717, 1.165) is 0 Å². The van der Waals surface area contributed by atoms with Crippen molar-refractivity contribution in [1.82, 2.24) is 4.90 Å². The van der Waals surface area contributed by atoms with Gasteiger partial charge in [0.25, 0.3) is 0 Å². The Balaban J connectivity index is 1.32. The van der Waals surface area contributed by atoms with E-state index in [0.29, 0.717) is 17.0 Å². The van der Waals surface area contributed by atoms with Gasteiger partial charge in [0, 0.05) is 18.0 Å². The van der Waals surface area contributed by atoms with Gasteiger partial charge in [0.2, 0.25) is 11.8 Å². The Morgan fingerprint density at radius 3 is 2.81 bits per heavy atom. The molecule has 5 heterocycles. The highest BCUT2D eigenvalue weighted by Gasteiger charge is 2.74. The van der Waals surface area contributed by atoms with Gasteiger partial charge in [-0.2, -0.15) is 0 Å². The molecule has 3 fully saturated rings. The van der Waals surface area contributed by atoms with E-state index in [1.165, 1.54) is 6.26 Å². The molecule has 6 rings (SSSR count). The first kappa shape index (κ1) is 22.7. The van der Waals surface area contributed by atoms with Gasteiger partial charge in [-0.15, -0.1) is 0 Å². The molecule has 4 aliphatic rings. The molecule has 2 amide bonds. The predicted molar refractivity (Wildman–Crippen MR) is 126 cm³/mol. The zero-order valence-electron chi connectivity index (χ0n) is 19.9. The van der Waals surface area contributed by atoms with Gasteiger partial charge in [-0.3, -0.25) is 14.4 Å². The van der Waals surface area contributed by atoms with E-state index in [-0.39, 0.29) is 30.6 Å². The van der Waals surface area contributed by atoms with Crippen LogP contribution in [0.25, 0.3) is 0 Å². The van der Waals surface area contributed by atoms with Crippen LogP contribution in [-0.2, 0) is 23.9 Å². The van der Waals surface area contributed by atoms with Crippen molar-refractivity contribution < 1.29 is 33.1 Å². The normalized spacial score (nSPS) is 34.0. The molecular weight excluding hydrogens is 464 g/mol. The van der Waals surface area contributed by atoms with Crippen molar-refractivity contribution in [3.8, 4) is 0 Å². The van der Waals surface area contributed by atoms with E-state index in [1.807, 2.05) is 19.1 Å². The van der Waals surface area contributed by atoms with Gasteiger partial charge in [-0.05, 0) is 37.3 Å². The van der Waals surface area contributed by atoms with Crippen LogP contribution in [0.5, 0.6) is 0 Å². The SMILES string of the molecule is CCOC(=O)c1cccc(NC(=O)[C@H]2[C@@H]3C=C[C@]4(O3)[C@H]2C(=O)N2[C@@H](c3ccco3)CC(=O)[C@H](C)[C@@H]24)c1. The molecule has 0 aliphatic carbocycles. The highest BCUT2D eigenvalue weighted by molar-refractivity contribution is 6.01. The summed E-state index contributed by atoms with van der Waals surface area (Å²) in [6.45, 7) is 3.78. The van der Waals surface area contributed by atoms with E-state index < -0.39 is 47.5 Å². The van der Waals surface area contributed by atoms with Gasteiger partial charge >= 0.3 is 5.97 Å². The van der Waals surface area contributed by atoms with Crippen LogP contribution >= 0.6 is 0 Å². The lowest BCUT2D eigenvalue weighted by Gasteiger charge is -2.43. The van der Waals surface area contributed by atoms with Gasteiger partial charge in [0.05, 0.1) is 48.5 Å². The number of ketones is 1. The van der Waals surface area contributed by atoms with Crippen molar-refractivity contribution in [2.24, 2.45) is 17.8 Å². The smallest absolute Gasteiger partial charge is 0.338 e. The van der Waals surface area contributed by atoms with Crippen LogP contribution in [0.3, 0.4) is 0 Å². The van der Waals surface area contributed by atoms with Gasteiger partial charge < -0.3 is 24.1 Å². The first-order valence-electron chi connectivity index (χ1n) is 12.2. The van der Waals surface area contributed by atoms with Crippen LogP contribution in [0.2, 0.25) is 0 Å². The van der Waals surface area contributed by atoms with Gasteiger partial charge in [0.1, 0.15) is 17.1 Å². The van der Waals surface area contributed by atoms with Crippen molar-refractivity contribution in [1.29, 1.82) is 0 Å². The van der Waals surface area contributed by atoms with E-state index in [9.17, 15) is 19.2 Å². The minimum atomic E-state index is -1.06. The first-order chi connectivity index (χ1) is 17.4. The third-order valence-corrected chi connectivity index (χ3v) is 7.90. The molecule has 36 heavy (non-hydrogen) atoms. The predicted octanol–water partition coefficient (Wildman–Crippen LogP) is 2.90. The summed E-state index contributed by atoms with van der Waals surface area (Å²) >= 11 is 0. The highest BCUT2D eigenvalue weighted by atomic mass is 16.5. The summed E-state index contributed by atoms with van der Waals surface area (Å²) in [6.07, 6.45) is 4.78. The summed E-state index contributed by atoms with van der Waals surface area (Å²) in [5.41, 5.74) is -0.318. The van der Waals surface area contributed by atoms with E-state index in [4.69, 9.17) is 13.9 Å². The Bertz CT molecular complexity index is 1280. The maximum Gasteiger partial charge on any atom is 0.338 e. The molecular formula is C27H26N2O7. The van der Waals surface area contributed by atoms with Crippen LogP contribution in [0.1, 0.15) is 42.4 Å². The number of Topliss-reactive ketones (excluding diaryl/α,β-unsaturated/α-hetero) is 1. The zero-order valence-corrected chi connectivity index (χ0v) is 19.9. The average Bonchev–Trinajstić information content (AvgIpc) is 3.64. The molecule has 1 aromatic heterocycles. The number of furan rings is 1. The molecule has 1 spiro atoms. The number of hydrogen-bond donors (Lipinski definition) is 1. The van der Waals surface area contributed by atoms with Crippen LogP contribution in [0.4, 0.5) is 5.69 Å². The summed E-state index contributed by atoms with van der Waals surface area (Å²) in [6, 6.07) is 8.91. The monoisotopic (exact) mass is 490 g/mol. The molecule has 0 saturated carbocycles. The molecule has 4 aliphatic heterocycles. The number of anilines is 1. The molecule has 186 valence electrons. The van der Waals surface area contributed by atoms with Crippen molar-refractivity contribution in [3.63, 3.8) is 0 Å². The van der Waals surface area contributed by atoms with E-state index in [2.05, 4.69) is 5.32 Å². The molecule has 3 saturated heterocycles. The third kappa shape index (κ3) is 3.12. The number of carbonyl (C=O) groups is 4. The molecule has 0 radical (unpaired) electrons. The van der Waals surface area contributed by atoms with Gasteiger partial charge in [-0.25, -0.2) is 4.79 Å². The minimum absolute atomic E-state index is 0.0320.